The molecule has 106 valence electrons. The number of rotatable bonds is 8. The van der Waals surface area contributed by atoms with Crippen molar-refractivity contribution in [3.8, 4) is 0 Å². The number of aliphatic imine (C=N–C) groups is 1. The third-order valence-corrected chi connectivity index (χ3v) is 4.01. The summed E-state index contributed by atoms with van der Waals surface area (Å²) in [6, 6.07) is 0. The van der Waals surface area contributed by atoms with Crippen molar-refractivity contribution < 1.29 is 0 Å². The molecule has 1 rings (SSSR count). The van der Waals surface area contributed by atoms with Crippen LogP contribution >= 0.6 is 0 Å². The number of unbranched alkanes of at least 4 members (excludes halogenated alkanes) is 3. The quantitative estimate of drug-likeness (QED) is 0.385. The van der Waals surface area contributed by atoms with Crippen molar-refractivity contribution in [2.45, 2.75) is 78.1 Å². The molecule has 1 saturated carbocycles. The zero-order valence-corrected chi connectivity index (χ0v) is 12.5. The van der Waals surface area contributed by atoms with Crippen LogP contribution in [0.3, 0.4) is 0 Å². The molecule has 2 heteroatoms. The Morgan fingerprint density at radius 3 is 2.39 bits per heavy atom. The Hall–Kier alpha value is -0.530. The van der Waals surface area contributed by atoms with E-state index in [2.05, 4.69) is 18.8 Å². The summed E-state index contributed by atoms with van der Waals surface area (Å²) in [4.78, 5) is 4.58. The predicted octanol–water partition coefficient (Wildman–Crippen LogP) is 4.53. The van der Waals surface area contributed by atoms with Gasteiger partial charge in [0, 0.05) is 12.5 Å². The minimum Gasteiger partial charge on any atom is -0.387 e. The Kier molecular flexibility index (Phi) is 8.11. The number of hydrogen-bond acceptors (Lipinski definition) is 1. The van der Waals surface area contributed by atoms with Gasteiger partial charge in [0.05, 0.1) is 5.84 Å². The van der Waals surface area contributed by atoms with Crippen LogP contribution in [0.15, 0.2) is 4.99 Å². The topological polar surface area (TPSA) is 38.4 Å². The fraction of sp³-hybridized carbons (Fsp3) is 0.938. The lowest BCUT2D eigenvalue weighted by Gasteiger charge is -2.20. The average Bonchev–Trinajstić information content (AvgIpc) is 2.38. The van der Waals surface area contributed by atoms with Gasteiger partial charge in [0.15, 0.2) is 0 Å². The van der Waals surface area contributed by atoms with Crippen LogP contribution in [0.5, 0.6) is 0 Å². The van der Waals surface area contributed by atoms with Crippen LogP contribution < -0.4 is 5.73 Å². The average molecular weight is 252 g/mol. The van der Waals surface area contributed by atoms with E-state index in [9.17, 15) is 0 Å². The maximum absolute atomic E-state index is 6.08. The Labute approximate surface area is 113 Å². The van der Waals surface area contributed by atoms with E-state index >= 15 is 0 Å². The van der Waals surface area contributed by atoms with Gasteiger partial charge in [-0.25, -0.2) is 0 Å². The first-order valence-corrected chi connectivity index (χ1v) is 8.00. The highest BCUT2D eigenvalue weighted by molar-refractivity contribution is 5.82. The van der Waals surface area contributed by atoms with E-state index in [-0.39, 0.29) is 0 Å². The Morgan fingerprint density at radius 2 is 1.72 bits per heavy atom. The van der Waals surface area contributed by atoms with Crippen LogP contribution in [0.25, 0.3) is 0 Å². The minimum absolute atomic E-state index is 0.597. The van der Waals surface area contributed by atoms with E-state index in [1.54, 1.807) is 0 Å². The van der Waals surface area contributed by atoms with Gasteiger partial charge in [-0.15, -0.1) is 0 Å². The van der Waals surface area contributed by atoms with Gasteiger partial charge in [0.2, 0.25) is 0 Å². The molecular weight excluding hydrogens is 220 g/mol. The van der Waals surface area contributed by atoms with Crippen LogP contribution in [0.1, 0.15) is 78.1 Å². The lowest BCUT2D eigenvalue weighted by atomic mass is 9.88. The van der Waals surface area contributed by atoms with E-state index in [1.807, 2.05) is 0 Å². The van der Waals surface area contributed by atoms with Crippen molar-refractivity contribution in [3.63, 3.8) is 0 Å². The summed E-state index contributed by atoms with van der Waals surface area (Å²) >= 11 is 0. The summed E-state index contributed by atoms with van der Waals surface area (Å²) in [7, 11) is 0. The molecule has 0 radical (unpaired) electrons. The number of amidine groups is 1. The molecule has 0 heterocycles. The Morgan fingerprint density at radius 1 is 1.06 bits per heavy atom. The van der Waals surface area contributed by atoms with Crippen LogP contribution in [-0.2, 0) is 0 Å². The molecular formula is C16H32N2. The van der Waals surface area contributed by atoms with Crippen molar-refractivity contribution in [2.75, 3.05) is 6.54 Å². The van der Waals surface area contributed by atoms with Crippen LogP contribution in [0, 0.1) is 11.8 Å². The first kappa shape index (κ1) is 15.5. The normalized spacial score (nSPS) is 18.5. The van der Waals surface area contributed by atoms with E-state index in [4.69, 9.17) is 5.73 Å². The van der Waals surface area contributed by atoms with E-state index in [1.165, 1.54) is 64.2 Å². The number of hydrogen-bond donors (Lipinski definition) is 1. The molecule has 0 aliphatic heterocycles. The second-order valence-electron chi connectivity index (χ2n) is 6.24. The highest BCUT2D eigenvalue weighted by atomic mass is 14.9. The molecule has 18 heavy (non-hydrogen) atoms. The number of nitrogens with zero attached hydrogens (tertiary/aromatic N) is 1. The summed E-state index contributed by atoms with van der Waals surface area (Å²) in [5.74, 6) is 2.39. The zero-order chi connectivity index (χ0) is 13.2. The lowest BCUT2D eigenvalue weighted by molar-refractivity contribution is 0.436. The van der Waals surface area contributed by atoms with Crippen molar-refractivity contribution in [2.24, 2.45) is 22.6 Å². The summed E-state index contributed by atoms with van der Waals surface area (Å²) < 4.78 is 0. The molecule has 0 unspecified atom stereocenters. The monoisotopic (exact) mass is 252 g/mol. The highest BCUT2D eigenvalue weighted by Crippen LogP contribution is 2.23. The lowest BCUT2D eigenvalue weighted by Crippen LogP contribution is -2.26. The third-order valence-electron chi connectivity index (χ3n) is 4.01. The van der Waals surface area contributed by atoms with Crippen LogP contribution in [-0.4, -0.2) is 12.4 Å². The van der Waals surface area contributed by atoms with Crippen molar-refractivity contribution in [1.29, 1.82) is 0 Å². The SMILES string of the molecule is CC(C)CCCCCCN=C(N)C1CCCCC1. The molecule has 0 aromatic carbocycles. The van der Waals surface area contributed by atoms with E-state index < -0.39 is 0 Å². The Bertz CT molecular complexity index is 227. The van der Waals surface area contributed by atoms with Gasteiger partial charge >= 0.3 is 0 Å². The summed E-state index contributed by atoms with van der Waals surface area (Å²) in [5.41, 5.74) is 6.08. The van der Waals surface area contributed by atoms with Crippen molar-refractivity contribution in [3.05, 3.63) is 0 Å². The van der Waals surface area contributed by atoms with Gasteiger partial charge in [-0.1, -0.05) is 58.8 Å². The summed E-state index contributed by atoms with van der Waals surface area (Å²) in [6.45, 7) is 5.55. The van der Waals surface area contributed by atoms with Gasteiger partial charge < -0.3 is 5.73 Å². The molecule has 0 saturated heterocycles. The predicted molar refractivity (Wildman–Crippen MR) is 81.0 cm³/mol. The molecule has 2 nitrogen and oxygen atoms in total. The van der Waals surface area contributed by atoms with E-state index in [0.717, 1.165) is 18.3 Å². The molecule has 1 aliphatic carbocycles. The fourth-order valence-corrected chi connectivity index (χ4v) is 2.75. The maximum Gasteiger partial charge on any atom is 0.0968 e. The van der Waals surface area contributed by atoms with E-state index in [0.29, 0.717) is 5.92 Å². The van der Waals surface area contributed by atoms with Gasteiger partial charge in [0.1, 0.15) is 0 Å². The molecule has 0 aromatic rings. The van der Waals surface area contributed by atoms with Crippen molar-refractivity contribution >= 4 is 5.84 Å². The summed E-state index contributed by atoms with van der Waals surface area (Å²) in [5, 5.41) is 0. The standard InChI is InChI=1S/C16H32N2/c1-14(2)10-6-3-4-9-13-18-16(17)15-11-7-5-8-12-15/h14-15H,3-13H2,1-2H3,(H2,17,18). The first-order chi connectivity index (χ1) is 8.70. The van der Waals surface area contributed by atoms with Crippen molar-refractivity contribution in [1.82, 2.24) is 0 Å². The molecule has 1 fully saturated rings. The molecule has 2 N–H and O–H groups in total. The Balaban J connectivity index is 2.01. The van der Waals surface area contributed by atoms with Gasteiger partial charge in [-0.05, 0) is 25.2 Å². The van der Waals surface area contributed by atoms with Gasteiger partial charge in [0.25, 0.3) is 0 Å². The first-order valence-electron chi connectivity index (χ1n) is 8.00. The second kappa shape index (κ2) is 9.41. The third kappa shape index (κ3) is 7.03. The molecule has 0 amide bonds. The highest BCUT2D eigenvalue weighted by Gasteiger charge is 2.16. The minimum atomic E-state index is 0.597. The van der Waals surface area contributed by atoms with Gasteiger partial charge in [-0.2, -0.15) is 0 Å². The maximum atomic E-state index is 6.08. The molecule has 0 atom stereocenters. The largest absolute Gasteiger partial charge is 0.387 e. The zero-order valence-electron chi connectivity index (χ0n) is 12.5. The molecule has 1 aliphatic rings. The number of nitrogens with two attached hydrogens (primary N) is 1. The molecule has 0 aromatic heterocycles. The molecule has 0 spiro atoms. The summed E-state index contributed by atoms with van der Waals surface area (Å²) in [6.07, 6.45) is 13.2. The molecule has 0 bridgehead atoms. The fourth-order valence-electron chi connectivity index (χ4n) is 2.75. The smallest absolute Gasteiger partial charge is 0.0968 e. The van der Waals surface area contributed by atoms with Gasteiger partial charge in [-0.3, -0.25) is 4.99 Å². The second-order valence-corrected chi connectivity index (χ2v) is 6.24. The van der Waals surface area contributed by atoms with Crippen LogP contribution in [0.2, 0.25) is 0 Å². The van der Waals surface area contributed by atoms with Crippen LogP contribution in [0.4, 0.5) is 0 Å².